The Hall–Kier alpha value is -10.4. The highest BCUT2D eigenvalue weighted by Gasteiger charge is 2.39. The van der Waals surface area contributed by atoms with Gasteiger partial charge in [0.05, 0.1) is 31.4 Å². The molecule has 27 N–H and O–H groups in total. The van der Waals surface area contributed by atoms with E-state index in [-0.39, 0.29) is 63.8 Å². The number of thiol groups is 1. The number of amides is 14. The van der Waals surface area contributed by atoms with Gasteiger partial charge in [-0.3, -0.25) is 71.9 Å². The largest absolute Gasteiger partial charge is 0.481 e. The number of unbranched alkanes of at least 4 members (excludes halogenated alkanes) is 2. The molecule has 3 rings (SSSR count). The molecule has 16 atom stereocenters. The Bertz CT molecular complexity index is 3680. The summed E-state index contributed by atoms with van der Waals surface area (Å²) in [6.07, 6.45) is -3.08. The molecule has 1 aromatic heterocycles. The average Bonchev–Trinajstić information content (AvgIpc) is 1.62. The third-order valence-corrected chi connectivity index (χ3v) is 18.5. The molecule has 0 spiro atoms. The van der Waals surface area contributed by atoms with Crippen molar-refractivity contribution < 1.29 is 102 Å². The van der Waals surface area contributed by atoms with E-state index in [0.29, 0.717) is 34.9 Å². The Morgan fingerprint density at radius 1 is 0.473 bits per heavy atom. The molecule has 3 aromatic rings. The number of benzene rings is 2. The number of primary amides is 1. The van der Waals surface area contributed by atoms with Gasteiger partial charge in [0.2, 0.25) is 82.7 Å². The molecule has 0 bridgehead atoms. The maximum atomic E-state index is 14.8. The zero-order valence-electron chi connectivity index (χ0n) is 63.8. The van der Waals surface area contributed by atoms with Crippen LogP contribution in [0.5, 0.6) is 0 Å². The second-order valence-corrected chi connectivity index (χ2v) is 27.9. The van der Waals surface area contributed by atoms with Crippen molar-refractivity contribution >= 4 is 118 Å². The molecular weight excluding hydrogens is 1480 g/mol. The highest BCUT2D eigenvalue weighted by Crippen LogP contribution is 2.21. The lowest BCUT2D eigenvalue weighted by molar-refractivity contribution is -0.143. The molecule has 0 aliphatic carbocycles. The maximum absolute atomic E-state index is 14.8. The van der Waals surface area contributed by atoms with Crippen LogP contribution in [-0.4, -0.2) is 248 Å². The van der Waals surface area contributed by atoms with E-state index in [1.807, 2.05) is 5.32 Å². The van der Waals surface area contributed by atoms with E-state index in [0.717, 1.165) is 13.8 Å². The van der Waals surface area contributed by atoms with Gasteiger partial charge in [-0.25, -0.2) is 4.79 Å². The minimum Gasteiger partial charge on any atom is -0.481 e. The van der Waals surface area contributed by atoms with E-state index in [9.17, 15) is 102 Å². The predicted octanol–water partition coefficient (Wildman–Crippen LogP) is -5.91. The number of fused-ring (bicyclic) bond motifs is 1. The van der Waals surface area contributed by atoms with Gasteiger partial charge in [0.25, 0.3) is 0 Å². The summed E-state index contributed by atoms with van der Waals surface area (Å²) in [5.41, 5.74) is 24.4. The molecule has 112 heavy (non-hydrogen) atoms. The van der Waals surface area contributed by atoms with Crippen LogP contribution in [0.1, 0.15) is 130 Å². The van der Waals surface area contributed by atoms with Crippen molar-refractivity contribution in [3.8, 4) is 0 Å². The van der Waals surface area contributed by atoms with Gasteiger partial charge in [0.1, 0.15) is 72.5 Å². The molecule has 0 radical (unpaired) electrons. The number of para-hydroxylation sites is 1. The van der Waals surface area contributed by atoms with Crippen LogP contribution in [0.2, 0.25) is 0 Å². The van der Waals surface area contributed by atoms with Crippen LogP contribution < -0.4 is 92.1 Å². The van der Waals surface area contributed by atoms with E-state index < -0.39 is 236 Å². The summed E-state index contributed by atoms with van der Waals surface area (Å²) >= 11 is 4.07. The zero-order chi connectivity index (χ0) is 84.1. The molecule has 0 saturated carbocycles. The lowest BCUT2D eigenvalue weighted by atomic mass is 9.96. The lowest BCUT2D eigenvalue weighted by Gasteiger charge is -2.30. The molecular formula is C72H112N18O21S. The zero-order valence-corrected chi connectivity index (χ0v) is 64.7. The summed E-state index contributed by atoms with van der Waals surface area (Å²) in [6.45, 7) is 8.14. The summed E-state index contributed by atoms with van der Waals surface area (Å²) in [4.78, 5) is 220. The number of hydrogen-bond donors (Lipinski definition) is 24. The van der Waals surface area contributed by atoms with Crippen LogP contribution in [0.4, 0.5) is 0 Å². The number of aliphatic hydroxyl groups excluding tert-OH is 3. The van der Waals surface area contributed by atoms with Crippen LogP contribution in [0.15, 0.2) is 60.8 Å². The van der Waals surface area contributed by atoms with Crippen molar-refractivity contribution in [1.29, 1.82) is 0 Å². The fourth-order valence-corrected chi connectivity index (χ4v) is 11.4. The topological polar surface area (TPSA) is 651 Å². The summed E-state index contributed by atoms with van der Waals surface area (Å²) in [5.74, 6) is -18.6. The van der Waals surface area contributed by atoms with Crippen molar-refractivity contribution in [3.63, 3.8) is 0 Å². The number of carbonyl (C=O) groups is 16. The molecule has 0 fully saturated rings. The third kappa shape index (κ3) is 32.5. The van der Waals surface area contributed by atoms with Gasteiger partial charge in [-0.1, -0.05) is 82.6 Å². The van der Waals surface area contributed by atoms with Gasteiger partial charge in [0, 0.05) is 48.5 Å². The van der Waals surface area contributed by atoms with Crippen molar-refractivity contribution in [1.82, 2.24) is 74.1 Å². The van der Waals surface area contributed by atoms with E-state index in [2.05, 4.69) is 81.4 Å². The van der Waals surface area contributed by atoms with Gasteiger partial charge < -0.3 is 123 Å². The summed E-state index contributed by atoms with van der Waals surface area (Å²) in [6, 6.07) is -4.83. The number of carbonyl (C=O) groups excluding carboxylic acids is 14. The number of rotatable bonds is 52. The Balaban J connectivity index is 1.94. The Morgan fingerprint density at radius 3 is 1.42 bits per heavy atom. The van der Waals surface area contributed by atoms with Crippen LogP contribution in [0, 0.1) is 11.8 Å². The number of aliphatic carboxylic acids is 2. The Morgan fingerprint density at radius 2 is 0.911 bits per heavy atom. The van der Waals surface area contributed by atoms with Crippen LogP contribution in [-0.2, 0) is 89.6 Å². The summed E-state index contributed by atoms with van der Waals surface area (Å²) in [5, 5.41) is 82.8. The van der Waals surface area contributed by atoms with Crippen molar-refractivity contribution in [3.05, 3.63) is 71.9 Å². The van der Waals surface area contributed by atoms with Crippen molar-refractivity contribution in [2.45, 2.75) is 223 Å². The smallest absolute Gasteiger partial charge is 0.328 e. The SMILES string of the molecule is CC[C@H](C)[C@H](NC(=O)[C@H](Cc1c[nH]c2ccccc12)NC(=O)CNC(=O)[C@@H](NC(=O)[C@H](Cc1ccccc1)NC(=O)[C@H](CCCCN)NC(=O)[C@@H](N)CS)[C@@H](C)O)C(=O)N[C@@H](CCC(=O)O)C(=O)N[C@@H](CCCCN)C(=O)N[C@H](C(=O)N[C@H](C(=O)N[C@@H](CCC(N)=O)C(=O)N[C@@H](C)C(=O)N[C@@H](CO)C(=O)O)C(C)C)[C@@H](C)O. The van der Waals surface area contributed by atoms with Gasteiger partial charge in [-0.15, -0.1) is 0 Å². The molecule has 40 heteroatoms. The van der Waals surface area contributed by atoms with Crippen molar-refractivity contribution in [2.75, 3.05) is 32.0 Å². The standard InChI is InChI=1S/C72H112N18O21S/c1-8-37(4)57(70(108)84-49(25-27-55(96)97)64(102)82-47(23-15-17-29-74)65(103)90-59(40(7)93)71(109)87-56(36(2)3)69(107)83-48(24-26-53(76)94)62(100)79-38(5)60(98)86-52(34-91)72(110)111)88-67(105)51(31-42-32-77-45-21-13-12-20-43(42)45)80-54(95)33-78-68(106)58(39(6)92)89-66(104)50(30-41-18-10-9-11-19-41)85-63(101)46(22-14-16-28-73)81-61(99)44(75)35-112/h9-13,18-21,32,36-40,44,46-52,56-59,77,91-93,112H,8,14-17,22-31,33-35,73-75H2,1-7H3,(H2,76,94)(H,78,106)(H,79,100)(H,80,95)(H,81,99)(H,82,102)(H,83,107)(H,84,108)(H,85,101)(H,86,98)(H,87,109)(H,88,105)(H,89,104)(H,90,103)(H,96,97)(H,110,111)/t37-,38-,39+,40+,44-,46-,47-,48-,49-,50-,51-,52-,56-,57-,58-,59-/m0/s1. The number of carboxylic acid groups (broad SMARTS) is 2. The van der Waals surface area contributed by atoms with E-state index >= 15 is 0 Å². The first-order chi connectivity index (χ1) is 52.9. The highest BCUT2D eigenvalue weighted by atomic mass is 32.1. The number of aromatic amines is 1. The lowest BCUT2D eigenvalue weighted by Crippen LogP contribution is -2.62. The fourth-order valence-electron chi connectivity index (χ4n) is 11.3. The fraction of sp³-hybridized carbons (Fsp3) is 0.583. The van der Waals surface area contributed by atoms with E-state index in [1.54, 1.807) is 74.6 Å². The minimum absolute atomic E-state index is 0.0416. The van der Waals surface area contributed by atoms with Crippen LogP contribution in [0.25, 0.3) is 10.9 Å². The third-order valence-electron chi connectivity index (χ3n) is 18.1. The predicted molar refractivity (Wildman–Crippen MR) is 409 cm³/mol. The van der Waals surface area contributed by atoms with Gasteiger partial charge in [0.15, 0.2) is 0 Å². The normalized spacial score (nSPS) is 15.5. The number of nitrogens with one attached hydrogen (secondary N) is 14. The van der Waals surface area contributed by atoms with Crippen LogP contribution >= 0.6 is 12.6 Å². The molecule has 39 nitrogen and oxygen atoms in total. The number of hydrogen-bond acceptors (Lipinski definition) is 23. The second-order valence-electron chi connectivity index (χ2n) is 27.6. The molecule has 0 unspecified atom stereocenters. The molecule has 0 aliphatic heterocycles. The van der Waals surface area contributed by atoms with Gasteiger partial charge in [-0.2, -0.15) is 12.6 Å². The number of aromatic nitrogens is 1. The minimum atomic E-state index is -1.90. The first-order valence-corrected chi connectivity index (χ1v) is 37.5. The number of aliphatic hydroxyl groups is 3. The van der Waals surface area contributed by atoms with Crippen molar-refractivity contribution in [2.24, 2.45) is 34.8 Å². The average molecular weight is 1600 g/mol. The monoisotopic (exact) mass is 1600 g/mol. The summed E-state index contributed by atoms with van der Waals surface area (Å²) in [7, 11) is 0. The second kappa shape index (κ2) is 49.1. The first-order valence-electron chi connectivity index (χ1n) is 36.9. The molecule has 2 aromatic carbocycles. The molecule has 622 valence electrons. The number of nitrogens with two attached hydrogens (primary N) is 4. The van der Waals surface area contributed by atoms with Gasteiger partial charge >= 0.3 is 11.9 Å². The quantitative estimate of drug-likeness (QED) is 0.0185. The highest BCUT2D eigenvalue weighted by molar-refractivity contribution is 7.80. The molecule has 14 amide bonds. The Kier molecular flexibility index (Phi) is 42.0. The van der Waals surface area contributed by atoms with E-state index in [1.165, 1.54) is 20.8 Å². The number of H-pyrrole nitrogens is 1. The van der Waals surface area contributed by atoms with Crippen LogP contribution in [0.3, 0.4) is 0 Å². The number of carboxylic acids is 2. The Labute approximate surface area is 653 Å². The van der Waals surface area contributed by atoms with Gasteiger partial charge in [-0.05, 0) is 114 Å². The summed E-state index contributed by atoms with van der Waals surface area (Å²) < 4.78 is 0. The molecule has 1 heterocycles. The molecule has 0 aliphatic rings. The first kappa shape index (κ1) is 95.8. The molecule has 0 saturated heterocycles. The van der Waals surface area contributed by atoms with E-state index in [4.69, 9.17) is 22.9 Å². The maximum Gasteiger partial charge on any atom is 0.328 e.